The zero-order valence-corrected chi connectivity index (χ0v) is 15.5. The molecular formula is C14H14N6O2S3. The van der Waals surface area contributed by atoms with Crippen molar-refractivity contribution in [3.05, 3.63) is 39.4 Å². The standard InChI is InChI=1S/C14H14N6O2S3/c1-8(12(22)16-13-10(11(15)21)4-6-24-13)25-14-17-18-19-20(14)7-9-3-2-5-23-9/h2-6,8H,7H2,1H3,(H2,15,21)(H,16,22). The maximum absolute atomic E-state index is 12.4. The van der Waals surface area contributed by atoms with E-state index in [1.165, 1.54) is 23.1 Å². The number of hydrogen-bond donors (Lipinski definition) is 2. The number of carbonyl (C=O) groups excluding carboxylic acids is 2. The van der Waals surface area contributed by atoms with E-state index in [0.29, 0.717) is 22.3 Å². The van der Waals surface area contributed by atoms with Crippen molar-refractivity contribution in [1.82, 2.24) is 20.2 Å². The predicted molar refractivity (Wildman–Crippen MR) is 98.0 cm³/mol. The van der Waals surface area contributed by atoms with Gasteiger partial charge in [0.15, 0.2) is 0 Å². The highest BCUT2D eigenvalue weighted by atomic mass is 32.2. The van der Waals surface area contributed by atoms with E-state index in [-0.39, 0.29) is 5.91 Å². The lowest BCUT2D eigenvalue weighted by Gasteiger charge is -2.11. The SMILES string of the molecule is CC(Sc1nnnn1Cc1cccs1)C(=O)Nc1sccc1C(N)=O. The fraction of sp³-hybridized carbons (Fsp3) is 0.214. The van der Waals surface area contributed by atoms with E-state index in [4.69, 9.17) is 5.73 Å². The van der Waals surface area contributed by atoms with Gasteiger partial charge < -0.3 is 11.1 Å². The molecule has 0 aliphatic carbocycles. The molecule has 1 atom stereocenters. The molecule has 0 saturated heterocycles. The summed E-state index contributed by atoms with van der Waals surface area (Å²) in [4.78, 5) is 24.8. The molecule has 130 valence electrons. The van der Waals surface area contributed by atoms with Crippen LogP contribution in [0.4, 0.5) is 5.00 Å². The van der Waals surface area contributed by atoms with Crippen molar-refractivity contribution < 1.29 is 9.59 Å². The predicted octanol–water partition coefficient (Wildman–Crippen LogP) is 2.06. The summed E-state index contributed by atoms with van der Waals surface area (Å²) >= 11 is 4.12. The molecule has 0 aromatic carbocycles. The second kappa shape index (κ2) is 7.76. The highest BCUT2D eigenvalue weighted by Gasteiger charge is 2.21. The van der Waals surface area contributed by atoms with Crippen LogP contribution in [0.2, 0.25) is 0 Å². The molecule has 3 aromatic rings. The average Bonchev–Trinajstić information content (AvgIpc) is 3.30. The lowest BCUT2D eigenvalue weighted by atomic mass is 10.3. The number of nitrogens with zero attached hydrogens (tertiary/aromatic N) is 4. The lowest BCUT2D eigenvalue weighted by molar-refractivity contribution is -0.115. The summed E-state index contributed by atoms with van der Waals surface area (Å²) in [6, 6.07) is 5.55. The minimum Gasteiger partial charge on any atom is -0.366 e. The summed E-state index contributed by atoms with van der Waals surface area (Å²) in [5.74, 6) is -0.822. The molecule has 3 aromatic heterocycles. The van der Waals surface area contributed by atoms with Gasteiger partial charge in [-0.1, -0.05) is 17.8 Å². The van der Waals surface area contributed by atoms with Crippen LogP contribution in [-0.4, -0.2) is 37.3 Å². The summed E-state index contributed by atoms with van der Waals surface area (Å²) in [7, 11) is 0. The highest BCUT2D eigenvalue weighted by molar-refractivity contribution is 8.00. The molecule has 25 heavy (non-hydrogen) atoms. The van der Waals surface area contributed by atoms with E-state index in [1.807, 2.05) is 17.5 Å². The second-order valence-corrected chi connectivity index (χ2v) is 8.23. The van der Waals surface area contributed by atoms with Gasteiger partial charge in [0.05, 0.1) is 17.4 Å². The van der Waals surface area contributed by atoms with Gasteiger partial charge >= 0.3 is 0 Å². The van der Waals surface area contributed by atoms with Crippen LogP contribution in [0.15, 0.2) is 34.1 Å². The Morgan fingerprint density at radius 2 is 2.20 bits per heavy atom. The summed E-state index contributed by atoms with van der Waals surface area (Å²) in [5.41, 5.74) is 5.59. The number of aromatic nitrogens is 4. The number of nitrogens with one attached hydrogen (secondary N) is 1. The number of rotatable bonds is 7. The number of tetrazole rings is 1. The molecule has 0 radical (unpaired) electrons. The van der Waals surface area contributed by atoms with Gasteiger partial charge in [-0.2, -0.15) is 0 Å². The van der Waals surface area contributed by atoms with E-state index >= 15 is 0 Å². The van der Waals surface area contributed by atoms with Gasteiger partial charge in [-0.05, 0) is 40.2 Å². The molecule has 0 saturated carbocycles. The van der Waals surface area contributed by atoms with Crippen molar-refractivity contribution in [2.24, 2.45) is 5.73 Å². The van der Waals surface area contributed by atoms with Gasteiger partial charge in [-0.25, -0.2) is 4.68 Å². The molecule has 0 aliphatic rings. The van der Waals surface area contributed by atoms with Crippen LogP contribution in [0.3, 0.4) is 0 Å². The van der Waals surface area contributed by atoms with E-state index in [9.17, 15) is 9.59 Å². The molecule has 3 heterocycles. The lowest BCUT2D eigenvalue weighted by Crippen LogP contribution is -2.24. The summed E-state index contributed by atoms with van der Waals surface area (Å²) in [6.45, 7) is 2.31. The number of nitrogens with two attached hydrogens (primary N) is 1. The Bertz CT molecular complexity index is 873. The molecule has 1 unspecified atom stereocenters. The van der Waals surface area contributed by atoms with Gasteiger partial charge in [-0.3, -0.25) is 9.59 Å². The highest BCUT2D eigenvalue weighted by Crippen LogP contribution is 2.26. The van der Waals surface area contributed by atoms with E-state index < -0.39 is 11.2 Å². The molecule has 0 aliphatic heterocycles. The number of carbonyl (C=O) groups is 2. The number of amides is 2. The topological polar surface area (TPSA) is 116 Å². The number of thioether (sulfide) groups is 1. The molecule has 0 spiro atoms. The molecule has 8 nitrogen and oxygen atoms in total. The van der Waals surface area contributed by atoms with Crippen LogP contribution in [0.5, 0.6) is 0 Å². The Balaban J connectivity index is 1.65. The minimum atomic E-state index is -0.572. The van der Waals surface area contributed by atoms with Crippen LogP contribution in [0, 0.1) is 0 Å². The third-order valence-corrected chi connectivity index (χ3v) is 5.97. The number of thiophene rings is 2. The van der Waals surface area contributed by atoms with Gasteiger partial charge in [0, 0.05) is 4.88 Å². The second-order valence-electron chi connectivity index (χ2n) is 4.98. The molecule has 11 heteroatoms. The van der Waals surface area contributed by atoms with Crippen LogP contribution in [0.1, 0.15) is 22.2 Å². The fourth-order valence-corrected chi connectivity index (χ4v) is 4.23. The Kier molecular flexibility index (Phi) is 5.46. The number of hydrogen-bond acceptors (Lipinski definition) is 8. The third kappa shape index (κ3) is 4.24. The minimum absolute atomic E-state index is 0.249. The summed E-state index contributed by atoms with van der Waals surface area (Å²) in [6.07, 6.45) is 0. The van der Waals surface area contributed by atoms with Crippen molar-refractivity contribution in [1.29, 1.82) is 0 Å². The van der Waals surface area contributed by atoms with Crippen molar-refractivity contribution in [2.75, 3.05) is 5.32 Å². The first kappa shape index (κ1) is 17.6. The number of primary amides is 1. The average molecular weight is 395 g/mol. The molecule has 3 rings (SSSR count). The molecule has 0 fully saturated rings. The van der Waals surface area contributed by atoms with Gasteiger partial charge in [0.25, 0.3) is 5.91 Å². The normalized spacial score (nSPS) is 12.0. The first-order valence-electron chi connectivity index (χ1n) is 7.18. The largest absolute Gasteiger partial charge is 0.366 e. The first-order valence-corrected chi connectivity index (χ1v) is 9.82. The smallest absolute Gasteiger partial charge is 0.251 e. The zero-order valence-electron chi connectivity index (χ0n) is 13.1. The molecular weight excluding hydrogens is 380 g/mol. The molecule has 2 amide bonds. The van der Waals surface area contributed by atoms with E-state index in [0.717, 1.165) is 4.88 Å². The quantitative estimate of drug-likeness (QED) is 0.593. The van der Waals surface area contributed by atoms with Crippen molar-refractivity contribution >= 4 is 51.3 Å². The van der Waals surface area contributed by atoms with E-state index in [1.54, 1.807) is 34.4 Å². The maximum Gasteiger partial charge on any atom is 0.251 e. The molecule has 3 N–H and O–H groups in total. The van der Waals surface area contributed by atoms with Crippen LogP contribution in [0.25, 0.3) is 0 Å². The van der Waals surface area contributed by atoms with Crippen LogP contribution < -0.4 is 11.1 Å². The fourth-order valence-electron chi connectivity index (χ4n) is 1.96. The first-order chi connectivity index (χ1) is 12.0. The van der Waals surface area contributed by atoms with Crippen LogP contribution in [-0.2, 0) is 11.3 Å². The third-order valence-electron chi connectivity index (χ3n) is 3.20. The summed E-state index contributed by atoms with van der Waals surface area (Å²) < 4.78 is 1.65. The number of anilines is 1. The van der Waals surface area contributed by atoms with Gasteiger partial charge in [-0.15, -0.1) is 27.8 Å². The van der Waals surface area contributed by atoms with Crippen LogP contribution >= 0.6 is 34.4 Å². The van der Waals surface area contributed by atoms with E-state index in [2.05, 4.69) is 20.8 Å². The van der Waals surface area contributed by atoms with Crippen molar-refractivity contribution in [2.45, 2.75) is 23.9 Å². The van der Waals surface area contributed by atoms with Gasteiger partial charge in [0.1, 0.15) is 5.00 Å². The summed E-state index contributed by atoms with van der Waals surface area (Å²) in [5, 5.41) is 18.6. The molecule has 0 bridgehead atoms. The Morgan fingerprint density at radius 3 is 2.92 bits per heavy atom. The monoisotopic (exact) mass is 394 g/mol. The van der Waals surface area contributed by atoms with Crippen molar-refractivity contribution in [3.8, 4) is 0 Å². The Labute approximate surface area is 155 Å². The zero-order chi connectivity index (χ0) is 17.8. The van der Waals surface area contributed by atoms with Crippen molar-refractivity contribution in [3.63, 3.8) is 0 Å². The Hall–Kier alpha value is -2.24. The van der Waals surface area contributed by atoms with Gasteiger partial charge in [0.2, 0.25) is 11.1 Å². The maximum atomic E-state index is 12.4. The Morgan fingerprint density at radius 1 is 1.36 bits per heavy atom.